The van der Waals surface area contributed by atoms with Crippen LogP contribution < -0.4 is 10.6 Å². The van der Waals surface area contributed by atoms with Crippen molar-refractivity contribution in [2.75, 3.05) is 0 Å². The molecule has 2 aromatic rings. The van der Waals surface area contributed by atoms with Gasteiger partial charge in [0, 0.05) is 30.9 Å². The molecule has 1 saturated carbocycles. The first-order valence-electron chi connectivity index (χ1n) is 8.48. The summed E-state index contributed by atoms with van der Waals surface area (Å²) in [6.45, 7) is 4.18. The number of hydrogen-bond acceptors (Lipinski definition) is 5. The monoisotopic (exact) mass is 361 g/mol. The molecule has 1 aliphatic carbocycles. The van der Waals surface area contributed by atoms with Gasteiger partial charge in [0.2, 0.25) is 0 Å². The third kappa shape index (κ3) is 4.45. The fourth-order valence-electron chi connectivity index (χ4n) is 2.54. The first kappa shape index (κ1) is 17.6. The average Bonchev–Trinajstić information content (AvgIpc) is 3.06. The van der Waals surface area contributed by atoms with E-state index in [0.29, 0.717) is 23.5 Å². The Morgan fingerprint density at radius 2 is 2.12 bits per heavy atom. The van der Waals surface area contributed by atoms with Gasteiger partial charge in [0.25, 0.3) is 11.8 Å². The van der Waals surface area contributed by atoms with Crippen molar-refractivity contribution in [2.24, 2.45) is 13.0 Å². The van der Waals surface area contributed by atoms with E-state index in [-0.39, 0.29) is 17.9 Å². The predicted molar refractivity (Wildman–Crippen MR) is 95.5 cm³/mol. The van der Waals surface area contributed by atoms with E-state index >= 15 is 0 Å². The minimum atomic E-state index is -0.239. The number of nitrogens with zero attached hydrogens (tertiary/aromatic N) is 3. The van der Waals surface area contributed by atoms with Gasteiger partial charge in [-0.25, -0.2) is 9.97 Å². The highest BCUT2D eigenvalue weighted by Crippen LogP contribution is 2.26. The van der Waals surface area contributed by atoms with Crippen LogP contribution in [0.3, 0.4) is 0 Å². The highest BCUT2D eigenvalue weighted by molar-refractivity contribution is 7.09. The summed E-state index contributed by atoms with van der Waals surface area (Å²) in [5.41, 5.74) is 0.423. The van der Waals surface area contributed by atoms with Gasteiger partial charge in [-0.1, -0.05) is 13.8 Å². The molecular formula is C17H23N5O2S. The highest BCUT2D eigenvalue weighted by Gasteiger charge is 2.26. The number of aromatic nitrogens is 3. The van der Waals surface area contributed by atoms with Crippen LogP contribution in [0.2, 0.25) is 0 Å². The minimum absolute atomic E-state index is 0.135. The summed E-state index contributed by atoms with van der Waals surface area (Å²) in [7, 11) is 1.78. The Morgan fingerprint density at radius 3 is 2.72 bits per heavy atom. The van der Waals surface area contributed by atoms with Crippen LogP contribution >= 0.6 is 11.3 Å². The molecule has 0 spiro atoms. The van der Waals surface area contributed by atoms with E-state index in [4.69, 9.17) is 0 Å². The SMILES string of the molecule is CC(C)C[C@@H](NC(=O)c1nccn1C)c1nc(C(=O)NC2CC2)cs1. The minimum Gasteiger partial charge on any atom is -0.348 e. The third-order valence-corrected chi connectivity index (χ3v) is 4.96. The molecule has 1 aliphatic rings. The summed E-state index contributed by atoms with van der Waals surface area (Å²) >= 11 is 1.41. The van der Waals surface area contributed by atoms with Crippen molar-refractivity contribution in [1.29, 1.82) is 0 Å². The zero-order chi connectivity index (χ0) is 18.0. The molecule has 2 heterocycles. The number of nitrogens with one attached hydrogen (secondary N) is 2. The van der Waals surface area contributed by atoms with Crippen molar-refractivity contribution in [1.82, 2.24) is 25.2 Å². The van der Waals surface area contributed by atoms with E-state index in [0.717, 1.165) is 24.3 Å². The molecule has 3 rings (SSSR count). The number of imidazole rings is 1. The third-order valence-electron chi connectivity index (χ3n) is 4.00. The Balaban J connectivity index is 1.73. The second kappa shape index (κ2) is 7.35. The van der Waals surface area contributed by atoms with E-state index in [2.05, 4.69) is 34.4 Å². The van der Waals surface area contributed by atoms with Gasteiger partial charge in [0.05, 0.1) is 6.04 Å². The molecule has 2 aromatic heterocycles. The van der Waals surface area contributed by atoms with Crippen molar-refractivity contribution >= 4 is 23.2 Å². The van der Waals surface area contributed by atoms with Gasteiger partial charge in [-0.2, -0.15) is 0 Å². The van der Waals surface area contributed by atoms with Gasteiger partial charge in [-0.05, 0) is 25.2 Å². The van der Waals surface area contributed by atoms with Crippen LogP contribution in [0.5, 0.6) is 0 Å². The van der Waals surface area contributed by atoms with Crippen molar-refractivity contribution < 1.29 is 9.59 Å². The molecule has 1 atom stereocenters. The maximum atomic E-state index is 12.5. The molecule has 2 N–H and O–H groups in total. The fraction of sp³-hybridized carbons (Fsp3) is 0.529. The Hall–Kier alpha value is -2.22. The maximum absolute atomic E-state index is 12.5. The molecule has 0 radical (unpaired) electrons. The van der Waals surface area contributed by atoms with Crippen molar-refractivity contribution in [2.45, 2.75) is 45.2 Å². The van der Waals surface area contributed by atoms with Gasteiger partial charge in [-0.3, -0.25) is 9.59 Å². The lowest BCUT2D eigenvalue weighted by Gasteiger charge is -2.18. The molecule has 25 heavy (non-hydrogen) atoms. The van der Waals surface area contributed by atoms with Crippen LogP contribution in [-0.4, -0.2) is 32.4 Å². The number of carbonyl (C=O) groups excluding carboxylic acids is 2. The van der Waals surface area contributed by atoms with Crippen LogP contribution in [0.4, 0.5) is 0 Å². The van der Waals surface area contributed by atoms with E-state index in [1.54, 1.807) is 29.4 Å². The smallest absolute Gasteiger partial charge is 0.287 e. The van der Waals surface area contributed by atoms with Crippen LogP contribution in [0.15, 0.2) is 17.8 Å². The zero-order valence-electron chi connectivity index (χ0n) is 14.7. The number of rotatable bonds is 7. The second-order valence-electron chi connectivity index (χ2n) is 6.84. The van der Waals surface area contributed by atoms with E-state index in [9.17, 15) is 9.59 Å². The Labute approximate surface area is 150 Å². The largest absolute Gasteiger partial charge is 0.348 e. The summed E-state index contributed by atoms with van der Waals surface area (Å²) in [4.78, 5) is 33.2. The summed E-state index contributed by atoms with van der Waals surface area (Å²) in [5, 5.41) is 8.45. The topological polar surface area (TPSA) is 88.9 Å². The Kier molecular flexibility index (Phi) is 5.17. The molecule has 8 heteroatoms. The normalized spacial score (nSPS) is 15.2. The lowest BCUT2D eigenvalue weighted by Crippen LogP contribution is -2.31. The van der Waals surface area contributed by atoms with Gasteiger partial charge in [0.15, 0.2) is 5.82 Å². The van der Waals surface area contributed by atoms with Crippen LogP contribution in [0, 0.1) is 5.92 Å². The molecule has 0 bridgehead atoms. The quantitative estimate of drug-likeness (QED) is 0.792. The van der Waals surface area contributed by atoms with E-state index < -0.39 is 0 Å². The highest BCUT2D eigenvalue weighted by atomic mass is 32.1. The lowest BCUT2D eigenvalue weighted by molar-refractivity contribution is 0.0917. The average molecular weight is 361 g/mol. The molecule has 7 nitrogen and oxygen atoms in total. The number of carbonyl (C=O) groups is 2. The van der Waals surface area contributed by atoms with Gasteiger partial charge in [0.1, 0.15) is 10.7 Å². The van der Waals surface area contributed by atoms with Gasteiger partial charge < -0.3 is 15.2 Å². The first-order valence-corrected chi connectivity index (χ1v) is 9.36. The van der Waals surface area contributed by atoms with Crippen molar-refractivity contribution in [3.8, 4) is 0 Å². The first-order chi connectivity index (χ1) is 11.9. The summed E-state index contributed by atoms with van der Waals surface area (Å²) in [5.74, 6) is 0.359. The molecule has 134 valence electrons. The van der Waals surface area contributed by atoms with Crippen LogP contribution in [-0.2, 0) is 7.05 Å². The van der Waals surface area contributed by atoms with Gasteiger partial charge in [-0.15, -0.1) is 11.3 Å². The molecule has 0 unspecified atom stereocenters. The summed E-state index contributed by atoms with van der Waals surface area (Å²) in [6, 6.07) is 0.0592. The van der Waals surface area contributed by atoms with Crippen molar-refractivity contribution in [3.05, 3.63) is 34.3 Å². The second-order valence-corrected chi connectivity index (χ2v) is 7.73. The summed E-state index contributed by atoms with van der Waals surface area (Å²) in [6.07, 6.45) is 6.15. The number of amides is 2. The molecule has 2 amide bonds. The van der Waals surface area contributed by atoms with Crippen LogP contribution in [0.1, 0.15) is 65.3 Å². The van der Waals surface area contributed by atoms with Crippen molar-refractivity contribution in [3.63, 3.8) is 0 Å². The molecule has 0 aliphatic heterocycles. The van der Waals surface area contributed by atoms with Gasteiger partial charge >= 0.3 is 0 Å². The van der Waals surface area contributed by atoms with Crippen LogP contribution in [0.25, 0.3) is 0 Å². The standard InChI is InChI=1S/C17H23N5O2S/c1-10(2)8-12(20-16(24)14-18-6-7-22(14)3)17-21-13(9-25-17)15(23)19-11-4-5-11/h6-7,9-12H,4-5,8H2,1-3H3,(H,19,23)(H,20,24)/t12-/m1/s1. The summed E-state index contributed by atoms with van der Waals surface area (Å²) < 4.78 is 1.68. The molecule has 0 aromatic carbocycles. The fourth-order valence-corrected chi connectivity index (χ4v) is 3.40. The lowest BCUT2D eigenvalue weighted by atomic mass is 10.0. The number of thiazole rings is 1. The number of aryl methyl sites for hydroxylation is 1. The predicted octanol–water partition coefficient (Wildman–Crippen LogP) is 2.29. The molecule has 1 fully saturated rings. The molecular weight excluding hydrogens is 338 g/mol. The maximum Gasteiger partial charge on any atom is 0.287 e. The van der Waals surface area contributed by atoms with E-state index in [1.165, 1.54) is 11.3 Å². The van der Waals surface area contributed by atoms with E-state index in [1.807, 2.05) is 0 Å². The number of hydrogen-bond donors (Lipinski definition) is 2. The Morgan fingerprint density at radius 1 is 1.36 bits per heavy atom. The molecule has 0 saturated heterocycles. The zero-order valence-corrected chi connectivity index (χ0v) is 15.5. The Bertz CT molecular complexity index is 763.